The number of rotatable bonds is 3. The average molecular weight is 310 g/mol. The van der Waals surface area contributed by atoms with Crippen LogP contribution in [0.3, 0.4) is 0 Å². The van der Waals surface area contributed by atoms with E-state index in [0.29, 0.717) is 5.92 Å². The normalized spacial score (nSPS) is 25.1. The van der Waals surface area contributed by atoms with E-state index in [4.69, 9.17) is 0 Å². The molecule has 1 atom stereocenters. The van der Waals surface area contributed by atoms with E-state index in [1.807, 2.05) is 0 Å². The van der Waals surface area contributed by atoms with Crippen LogP contribution >= 0.6 is 15.9 Å². The van der Waals surface area contributed by atoms with Gasteiger partial charge >= 0.3 is 0 Å². The summed E-state index contributed by atoms with van der Waals surface area (Å²) in [5.74, 6) is 0.676. The molecular weight excluding hydrogens is 286 g/mol. The first-order valence-electron chi connectivity index (χ1n) is 7.12. The Kier molecular flexibility index (Phi) is 4.85. The van der Waals surface area contributed by atoms with Gasteiger partial charge in [0, 0.05) is 10.0 Å². The molecule has 1 fully saturated rings. The fraction of sp³-hybridized carbons (Fsp3) is 0.625. The highest BCUT2D eigenvalue weighted by Gasteiger charge is 2.33. The molecule has 0 spiro atoms. The fourth-order valence-electron chi connectivity index (χ4n) is 3.03. The number of benzene rings is 1. The van der Waals surface area contributed by atoms with Crippen molar-refractivity contribution >= 4 is 15.9 Å². The van der Waals surface area contributed by atoms with Crippen molar-refractivity contribution in [3.63, 3.8) is 0 Å². The Morgan fingerprint density at radius 1 is 1.28 bits per heavy atom. The number of nitrogens with one attached hydrogen (secondary N) is 1. The Balaban J connectivity index is 2.19. The molecule has 2 rings (SSSR count). The van der Waals surface area contributed by atoms with E-state index in [1.54, 1.807) is 0 Å². The Hall–Kier alpha value is -0.340. The van der Waals surface area contributed by atoms with Crippen LogP contribution in [0.15, 0.2) is 28.7 Å². The first kappa shape index (κ1) is 14.1. The highest BCUT2D eigenvalue weighted by atomic mass is 79.9. The molecule has 1 nitrogen and oxygen atoms in total. The minimum atomic E-state index is 0.289. The van der Waals surface area contributed by atoms with Gasteiger partial charge in [0.05, 0.1) is 0 Å². The van der Waals surface area contributed by atoms with E-state index < -0.39 is 0 Å². The van der Waals surface area contributed by atoms with E-state index in [0.717, 1.165) is 6.42 Å². The minimum absolute atomic E-state index is 0.289. The molecule has 0 saturated carbocycles. The molecule has 0 aliphatic carbocycles. The molecule has 1 unspecified atom stereocenters. The van der Waals surface area contributed by atoms with Crippen molar-refractivity contribution in [2.24, 2.45) is 5.92 Å². The zero-order chi connectivity index (χ0) is 13.0. The van der Waals surface area contributed by atoms with Crippen molar-refractivity contribution in [3.05, 3.63) is 34.3 Å². The van der Waals surface area contributed by atoms with Crippen molar-refractivity contribution < 1.29 is 0 Å². The Bertz CT molecular complexity index is 378. The highest BCUT2D eigenvalue weighted by Crippen LogP contribution is 2.31. The van der Waals surface area contributed by atoms with Crippen molar-refractivity contribution in [1.82, 2.24) is 5.32 Å². The molecule has 1 N–H and O–H groups in total. The van der Waals surface area contributed by atoms with Crippen LogP contribution in [0.2, 0.25) is 0 Å². The van der Waals surface area contributed by atoms with Crippen LogP contribution in [0.25, 0.3) is 0 Å². The predicted molar refractivity (Wildman–Crippen MR) is 81.9 cm³/mol. The summed E-state index contributed by atoms with van der Waals surface area (Å²) in [6, 6.07) is 8.76. The van der Waals surface area contributed by atoms with Crippen molar-refractivity contribution in [3.8, 4) is 0 Å². The lowest BCUT2D eigenvalue weighted by Crippen LogP contribution is -2.50. The van der Waals surface area contributed by atoms with E-state index in [2.05, 4.69) is 59.4 Å². The van der Waals surface area contributed by atoms with Crippen LogP contribution in [-0.4, -0.2) is 12.1 Å². The summed E-state index contributed by atoms with van der Waals surface area (Å²) < 4.78 is 1.19. The quantitative estimate of drug-likeness (QED) is 0.863. The van der Waals surface area contributed by atoms with Crippen LogP contribution in [0.5, 0.6) is 0 Å². The molecule has 1 aromatic carbocycles. The molecule has 0 bridgehead atoms. The predicted octanol–water partition coefficient (Wildman–Crippen LogP) is 4.55. The first-order chi connectivity index (χ1) is 8.62. The Morgan fingerprint density at radius 3 is 2.83 bits per heavy atom. The molecule has 1 heterocycles. The monoisotopic (exact) mass is 309 g/mol. The maximum absolute atomic E-state index is 3.85. The first-order valence-corrected chi connectivity index (χ1v) is 7.91. The second kappa shape index (κ2) is 6.21. The van der Waals surface area contributed by atoms with Crippen molar-refractivity contribution in [2.45, 2.75) is 51.5 Å². The minimum Gasteiger partial charge on any atom is -0.311 e. The van der Waals surface area contributed by atoms with E-state index in [-0.39, 0.29) is 5.54 Å². The summed E-state index contributed by atoms with van der Waals surface area (Å²) >= 11 is 3.58. The molecule has 0 aromatic heterocycles. The van der Waals surface area contributed by atoms with Gasteiger partial charge in [0.1, 0.15) is 0 Å². The maximum Gasteiger partial charge on any atom is 0.0244 e. The van der Waals surface area contributed by atoms with Gasteiger partial charge < -0.3 is 5.32 Å². The summed E-state index contributed by atoms with van der Waals surface area (Å²) in [6.07, 6.45) is 6.51. The Morgan fingerprint density at radius 2 is 2.11 bits per heavy atom. The molecule has 1 aliphatic heterocycles. The van der Waals surface area contributed by atoms with Gasteiger partial charge in [0.15, 0.2) is 0 Å². The van der Waals surface area contributed by atoms with Gasteiger partial charge in [-0.15, -0.1) is 0 Å². The van der Waals surface area contributed by atoms with Gasteiger partial charge in [-0.2, -0.15) is 0 Å². The third kappa shape index (κ3) is 3.36. The molecule has 100 valence electrons. The SMILES string of the molecule is CC(C)C1(Cc2cccc(Br)c2)CCCCCN1. The zero-order valence-electron chi connectivity index (χ0n) is 11.5. The zero-order valence-corrected chi connectivity index (χ0v) is 13.1. The largest absolute Gasteiger partial charge is 0.311 e. The molecule has 1 saturated heterocycles. The van der Waals surface area contributed by atoms with Gasteiger partial charge in [0.25, 0.3) is 0 Å². The number of hydrogen-bond acceptors (Lipinski definition) is 1. The topological polar surface area (TPSA) is 12.0 Å². The standard InChI is InChI=1S/C16H24BrN/c1-13(2)16(9-4-3-5-10-18-16)12-14-7-6-8-15(17)11-14/h6-8,11,13,18H,3-5,9-10,12H2,1-2H3. The maximum atomic E-state index is 3.85. The average Bonchev–Trinajstić information content (AvgIpc) is 2.55. The molecule has 18 heavy (non-hydrogen) atoms. The highest BCUT2D eigenvalue weighted by molar-refractivity contribution is 9.10. The van der Waals surface area contributed by atoms with Gasteiger partial charge in [-0.3, -0.25) is 0 Å². The third-order valence-corrected chi connectivity index (χ3v) is 4.78. The summed E-state index contributed by atoms with van der Waals surface area (Å²) in [4.78, 5) is 0. The smallest absolute Gasteiger partial charge is 0.0244 e. The second-order valence-corrected chi connectivity index (χ2v) is 6.77. The van der Waals surface area contributed by atoms with Crippen molar-refractivity contribution in [1.29, 1.82) is 0 Å². The summed E-state index contributed by atoms with van der Waals surface area (Å²) in [5, 5.41) is 3.85. The van der Waals surface area contributed by atoms with Crippen LogP contribution < -0.4 is 5.32 Å². The van der Waals surface area contributed by atoms with Crippen LogP contribution in [0, 0.1) is 5.92 Å². The van der Waals surface area contributed by atoms with E-state index in [1.165, 1.54) is 42.3 Å². The van der Waals surface area contributed by atoms with Gasteiger partial charge in [-0.05, 0) is 49.4 Å². The molecule has 1 aromatic rings. The third-order valence-electron chi connectivity index (χ3n) is 4.29. The lowest BCUT2D eigenvalue weighted by Gasteiger charge is -2.38. The summed E-state index contributed by atoms with van der Waals surface area (Å²) in [5.41, 5.74) is 1.73. The van der Waals surface area contributed by atoms with Crippen molar-refractivity contribution in [2.75, 3.05) is 6.54 Å². The summed E-state index contributed by atoms with van der Waals surface area (Å²) in [7, 11) is 0. The fourth-order valence-corrected chi connectivity index (χ4v) is 3.47. The molecule has 2 heteroatoms. The van der Waals surface area contributed by atoms with Crippen LogP contribution in [-0.2, 0) is 6.42 Å². The van der Waals surface area contributed by atoms with Gasteiger partial charge in [0.2, 0.25) is 0 Å². The lowest BCUT2D eigenvalue weighted by molar-refractivity contribution is 0.226. The lowest BCUT2D eigenvalue weighted by atomic mass is 9.77. The Labute approximate surface area is 119 Å². The van der Waals surface area contributed by atoms with E-state index >= 15 is 0 Å². The van der Waals surface area contributed by atoms with Crippen LogP contribution in [0.4, 0.5) is 0 Å². The molecule has 0 amide bonds. The van der Waals surface area contributed by atoms with Gasteiger partial charge in [-0.1, -0.05) is 54.8 Å². The molecular formula is C16H24BrN. The molecule has 0 radical (unpaired) electrons. The second-order valence-electron chi connectivity index (χ2n) is 5.85. The van der Waals surface area contributed by atoms with E-state index in [9.17, 15) is 0 Å². The van der Waals surface area contributed by atoms with Gasteiger partial charge in [-0.25, -0.2) is 0 Å². The van der Waals surface area contributed by atoms with Crippen LogP contribution in [0.1, 0.15) is 45.1 Å². The number of halogens is 1. The summed E-state index contributed by atoms with van der Waals surface area (Å²) in [6.45, 7) is 5.89. The molecule has 1 aliphatic rings. The number of hydrogen-bond donors (Lipinski definition) is 1.